The largest absolute Gasteiger partial charge is 0.370 e. The lowest BCUT2D eigenvalue weighted by Crippen LogP contribution is -2.50. The number of thiophene rings is 1. The number of benzene rings is 1. The number of nitrogens with zero attached hydrogens (tertiary/aromatic N) is 1. The molecule has 32 heavy (non-hydrogen) atoms. The first-order valence-electron chi connectivity index (χ1n) is 9.53. The molecule has 0 aliphatic carbocycles. The number of morpholine rings is 1. The molecule has 1 saturated heterocycles. The Bertz CT molecular complexity index is 1050. The summed E-state index contributed by atoms with van der Waals surface area (Å²) in [5.41, 5.74) is 0.209. The standard InChI is InChI=1S/C20H20ClFN4O5S/c1-11(27)24-15(9-23-20(30)16-4-5-17(21)32-16)19(29)25-14-3-2-12(8-13(14)22)26-6-7-31-10-18(26)28/h2-5,8,15H,6-7,9-10H2,1H3,(H,23,30)(H,24,27)(H,25,29)/t15-/m1/s1. The Balaban J connectivity index is 1.66. The molecule has 1 aromatic carbocycles. The first-order chi connectivity index (χ1) is 15.2. The molecule has 2 heterocycles. The van der Waals surface area contributed by atoms with E-state index < -0.39 is 29.6 Å². The number of nitrogens with one attached hydrogen (secondary N) is 3. The van der Waals surface area contributed by atoms with Gasteiger partial charge in [-0.2, -0.15) is 0 Å². The predicted octanol–water partition coefficient (Wildman–Crippen LogP) is 1.78. The maximum Gasteiger partial charge on any atom is 0.261 e. The van der Waals surface area contributed by atoms with Crippen molar-refractivity contribution in [2.75, 3.05) is 36.5 Å². The van der Waals surface area contributed by atoms with E-state index in [1.165, 1.54) is 30.0 Å². The molecule has 1 aliphatic heterocycles. The van der Waals surface area contributed by atoms with Crippen molar-refractivity contribution >= 4 is 57.9 Å². The molecular formula is C20H20ClFN4O5S. The van der Waals surface area contributed by atoms with Gasteiger partial charge < -0.3 is 25.6 Å². The summed E-state index contributed by atoms with van der Waals surface area (Å²) in [6.45, 7) is 1.55. The summed E-state index contributed by atoms with van der Waals surface area (Å²) in [5, 5.41) is 7.36. The van der Waals surface area contributed by atoms with Crippen LogP contribution in [-0.2, 0) is 19.1 Å². The molecule has 3 N–H and O–H groups in total. The van der Waals surface area contributed by atoms with E-state index >= 15 is 0 Å². The zero-order chi connectivity index (χ0) is 23.3. The van der Waals surface area contributed by atoms with Crippen molar-refractivity contribution in [1.82, 2.24) is 10.6 Å². The third kappa shape index (κ3) is 6.02. The van der Waals surface area contributed by atoms with E-state index in [-0.39, 0.29) is 24.7 Å². The zero-order valence-electron chi connectivity index (χ0n) is 16.9. The number of amides is 4. The molecule has 1 aliphatic rings. The van der Waals surface area contributed by atoms with Gasteiger partial charge in [0, 0.05) is 25.7 Å². The summed E-state index contributed by atoms with van der Waals surface area (Å²) in [6, 6.07) is 5.91. The van der Waals surface area contributed by atoms with Crippen LogP contribution in [0.15, 0.2) is 30.3 Å². The Labute approximate surface area is 191 Å². The van der Waals surface area contributed by atoms with Crippen LogP contribution in [0.2, 0.25) is 4.34 Å². The quantitative estimate of drug-likeness (QED) is 0.556. The van der Waals surface area contributed by atoms with Crippen LogP contribution >= 0.6 is 22.9 Å². The van der Waals surface area contributed by atoms with E-state index in [1.807, 2.05) is 0 Å². The summed E-state index contributed by atoms with van der Waals surface area (Å²) < 4.78 is 20.1. The second-order valence-corrected chi connectivity index (χ2v) is 8.53. The number of anilines is 2. The Morgan fingerprint density at radius 1 is 1.28 bits per heavy atom. The highest BCUT2D eigenvalue weighted by Gasteiger charge is 2.24. The number of hydrogen-bond acceptors (Lipinski definition) is 6. The minimum absolute atomic E-state index is 0.0814. The molecule has 0 saturated carbocycles. The van der Waals surface area contributed by atoms with Gasteiger partial charge in [0.05, 0.1) is 21.5 Å². The second kappa shape index (κ2) is 10.5. The number of carbonyl (C=O) groups excluding carboxylic acids is 4. The molecule has 0 bridgehead atoms. The minimum Gasteiger partial charge on any atom is -0.370 e. The Morgan fingerprint density at radius 3 is 2.69 bits per heavy atom. The minimum atomic E-state index is -1.15. The molecule has 1 atom stereocenters. The lowest BCUT2D eigenvalue weighted by Gasteiger charge is -2.27. The van der Waals surface area contributed by atoms with Gasteiger partial charge in [-0.05, 0) is 30.3 Å². The SMILES string of the molecule is CC(=O)N[C@H](CNC(=O)c1ccc(Cl)s1)C(=O)Nc1ccc(N2CCOCC2=O)cc1F. The van der Waals surface area contributed by atoms with Gasteiger partial charge in [-0.3, -0.25) is 19.2 Å². The van der Waals surface area contributed by atoms with Crippen LogP contribution < -0.4 is 20.9 Å². The van der Waals surface area contributed by atoms with Crippen LogP contribution in [0.1, 0.15) is 16.6 Å². The molecular weight excluding hydrogens is 463 g/mol. The van der Waals surface area contributed by atoms with E-state index in [9.17, 15) is 23.6 Å². The van der Waals surface area contributed by atoms with E-state index in [1.54, 1.807) is 6.07 Å². The van der Waals surface area contributed by atoms with E-state index in [0.717, 1.165) is 17.4 Å². The van der Waals surface area contributed by atoms with Crippen LogP contribution in [0.5, 0.6) is 0 Å². The van der Waals surface area contributed by atoms with Crippen LogP contribution in [0.3, 0.4) is 0 Å². The third-order valence-corrected chi connectivity index (χ3v) is 5.70. The topological polar surface area (TPSA) is 117 Å². The van der Waals surface area contributed by atoms with Gasteiger partial charge in [0.15, 0.2) is 0 Å². The summed E-state index contributed by atoms with van der Waals surface area (Å²) in [6.07, 6.45) is 0. The molecule has 0 unspecified atom stereocenters. The van der Waals surface area contributed by atoms with Crippen LogP contribution in [0, 0.1) is 5.82 Å². The molecule has 170 valence electrons. The van der Waals surface area contributed by atoms with Gasteiger partial charge in [-0.15, -0.1) is 11.3 Å². The van der Waals surface area contributed by atoms with Crippen molar-refractivity contribution in [3.8, 4) is 0 Å². The van der Waals surface area contributed by atoms with Gasteiger partial charge in [0.25, 0.3) is 11.8 Å². The van der Waals surface area contributed by atoms with Crippen molar-refractivity contribution in [3.05, 3.63) is 45.4 Å². The van der Waals surface area contributed by atoms with Crippen molar-refractivity contribution < 1.29 is 28.3 Å². The average molecular weight is 483 g/mol. The summed E-state index contributed by atoms with van der Waals surface area (Å²) >= 11 is 6.88. The molecule has 0 radical (unpaired) electrons. The molecule has 9 nitrogen and oxygen atoms in total. The molecule has 4 amide bonds. The van der Waals surface area contributed by atoms with E-state index in [0.29, 0.717) is 28.1 Å². The van der Waals surface area contributed by atoms with Crippen molar-refractivity contribution in [2.24, 2.45) is 0 Å². The Morgan fingerprint density at radius 2 is 2.06 bits per heavy atom. The van der Waals surface area contributed by atoms with Gasteiger partial charge >= 0.3 is 0 Å². The average Bonchev–Trinajstić information content (AvgIpc) is 3.19. The number of rotatable bonds is 7. The second-order valence-electron chi connectivity index (χ2n) is 6.82. The summed E-state index contributed by atoms with van der Waals surface area (Å²) in [7, 11) is 0. The first-order valence-corrected chi connectivity index (χ1v) is 10.7. The van der Waals surface area contributed by atoms with Crippen molar-refractivity contribution in [1.29, 1.82) is 0 Å². The summed E-state index contributed by atoms with van der Waals surface area (Å²) in [5.74, 6) is -2.73. The number of carbonyl (C=O) groups is 4. The maximum atomic E-state index is 14.6. The lowest BCUT2D eigenvalue weighted by molar-refractivity contribution is -0.125. The highest BCUT2D eigenvalue weighted by atomic mass is 35.5. The van der Waals surface area contributed by atoms with Gasteiger partial charge in [0.1, 0.15) is 18.5 Å². The number of hydrogen-bond donors (Lipinski definition) is 3. The fraction of sp³-hybridized carbons (Fsp3) is 0.300. The van der Waals surface area contributed by atoms with Crippen molar-refractivity contribution in [2.45, 2.75) is 13.0 Å². The Hall–Kier alpha value is -3.02. The van der Waals surface area contributed by atoms with Gasteiger partial charge in [-0.25, -0.2) is 4.39 Å². The zero-order valence-corrected chi connectivity index (χ0v) is 18.5. The van der Waals surface area contributed by atoms with E-state index in [2.05, 4.69) is 16.0 Å². The molecule has 3 rings (SSSR count). The van der Waals surface area contributed by atoms with Crippen LogP contribution in [-0.4, -0.2) is 56.0 Å². The normalized spacial score (nSPS) is 14.6. The summed E-state index contributed by atoms with van der Waals surface area (Å²) in [4.78, 5) is 50.0. The van der Waals surface area contributed by atoms with E-state index in [4.69, 9.17) is 16.3 Å². The maximum absolute atomic E-state index is 14.6. The highest BCUT2D eigenvalue weighted by molar-refractivity contribution is 7.18. The fourth-order valence-electron chi connectivity index (χ4n) is 2.96. The fourth-order valence-corrected chi connectivity index (χ4v) is 3.92. The molecule has 1 aromatic heterocycles. The highest BCUT2D eigenvalue weighted by Crippen LogP contribution is 2.24. The monoisotopic (exact) mass is 482 g/mol. The molecule has 2 aromatic rings. The van der Waals surface area contributed by atoms with Crippen molar-refractivity contribution in [3.63, 3.8) is 0 Å². The number of halogens is 2. The van der Waals surface area contributed by atoms with Gasteiger partial charge in [-0.1, -0.05) is 11.6 Å². The predicted molar refractivity (Wildman–Crippen MR) is 117 cm³/mol. The van der Waals surface area contributed by atoms with Gasteiger partial charge in [0.2, 0.25) is 11.8 Å². The molecule has 0 spiro atoms. The van der Waals surface area contributed by atoms with Crippen LogP contribution in [0.25, 0.3) is 0 Å². The lowest BCUT2D eigenvalue weighted by atomic mass is 10.2. The number of ether oxygens (including phenoxy) is 1. The third-order valence-electron chi connectivity index (χ3n) is 4.47. The molecule has 1 fully saturated rings. The molecule has 12 heteroatoms. The first kappa shape index (κ1) is 23.6. The smallest absolute Gasteiger partial charge is 0.261 e. The Kier molecular flexibility index (Phi) is 7.78. The van der Waals surface area contributed by atoms with Crippen LogP contribution in [0.4, 0.5) is 15.8 Å².